The van der Waals surface area contributed by atoms with Crippen molar-refractivity contribution in [2.75, 3.05) is 11.5 Å². The molecule has 4 N–H and O–H groups in total. The summed E-state index contributed by atoms with van der Waals surface area (Å²) in [5.41, 5.74) is 15.5. The second-order valence-electron chi connectivity index (χ2n) is 3.87. The quantitative estimate of drug-likeness (QED) is 0.558. The summed E-state index contributed by atoms with van der Waals surface area (Å²) in [7, 11) is 0. The molecule has 16 heavy (non-hydrogen) atoms. The monoisotopic (exact) mass is 210 g/mol. The molecular formula is C13H10N2O. The zero-order valence-corrected chi connectivity index (χ0v) is 8.53. The fourth-order valence-electron chi connectivity index (χ4n) is 2.16. The van der Waals surface area contributed by atoms with E-state index in [9.17, 15) is 4.79 Å². The molecule has 0 fully saturated rings. The minimum atomic E-state index is -0.0320. The van der Waals surface area contributed by atoms with Gasteiger partial charge in [0.15, 0.2) is 5.78 Å². The summed E-state index contributed by atoms with van der Waals surface area (Å²) in [6.45, 7) is 0. The lowest BCUT2D eigenvalue weighted by Gasteiger charge is -2.05. The number of carbonyl (C=O) groups is 1. The Morgan fingerprint density at radius 2 is 1.50 bits per heavy atom. The number of rotatable bonds is 0. The van der Waals surface area contributed by atoms with Crippen LogP contribution in [0.4, 0.5) is 11.4 Å². The van der Waals surface area contributed by atoms with Crippen molar-refractivity contribution in [3.8, 4) is 11.1 Å². The lowest BCUT2D eigenvalue weighted by atomic mass is 10.0. The normalized spacial score (nSPS) is 12.4. The number of hydrogen-bond donors (Lipinski definition) is 2. The molecule has 0 atom stereocenters. The summed E-state index contributed by atoms with van der Waals surface area (Å²) in [6, 6.07) is 11.1. The molecule has 0 unspecified atom stereocenters. The molecule has 3 nitrogen and oxygen atoms in total. The number of hydrogen-bond acceptors (Lipinski definition) is 3. The second-order valence-corrected chi connectivity index (χ2v) is 3.87. The van der Waals surface area contributed by atoms with E-state index in [4.69, 9.17) is 11.5 Å². The summed E-state index contributed by atoms with van der Waals surface area (Å²) in [5, 5.41) is 0. The molecule has 0 spiro atoms. The molecule has 0 heterocycles. The molecule has 1 aliphatic rings. The molecule has 0 saturated heterocycles. The number of nitrogen functional groups attached to an aromatic ring is 2. The number of anilines is 2. The van der Waals surface area contributed by atoms with Crippen LogP contribution in [-0.4, -0.2) is 5.78 Å². The van der Waals surface area contributed by atoms with Crippen molar-refractivity contribution in [1.29, 1.82) is 0 Å². The van der Waals surface area contributed by atoms with Crippen molar-refractivity contribution in [3.05, 3.63) is 47.5 Å². The predicted octanol–water partition coefficient (Wildman–Crippen LogP) is 2.06. The van der Waals surface area contributed by atoms with Crippen LogP contribution in [0.5, 0.6) is 0 Å². The number of carbonyl (C=O) groups excluding carboxylic acids is 1. The average Bonchev–Trinajstić information content (AvgIpc) is 2.59. The molecular weight excluding hydrogens is 200 g/mol. The van der Waals surface area contributed by atoms with Gasteiger partial charge in [-0.25, -0.2) is 0 Å². The highest BCUT2D eigenvalue weighted by atomic mass is 16.1. The molecule has 3 heteroatoms. The van der Waals surface area contributed by atoms with Crippen LogP contribution < -0.4 is 11.5 Å². The average molecular weight is 210 g/mol. The fourth-order valence-corrected chi connectivity index (χ4v) is 2.16. The summed E-state index contributed by atoms with van der Waals surface area (Å²) in [6.07, 6.45) is 0. The first-order valence-electron chi connectivity index (χ1n) is 5.02. The third-order valence-corrected chi connectivity index (χ3v) is 2.97. The Bertz CT molecular complexity index is 617. The van der Waals surface area contributed by atoms with Gasteiger partial charge in [-0.3, -0.25) is 4.79 Å². The van der Waals surface area contributed by atoms with Crippen LogP contribution >= 0.6 is 0 Å². The molecule has 0 saturated carbocycles. The maximum atomic E-state index is 12.1. The third kappa shape index (κ3) is 0.945. The van der Waals surface area contributed by atoms with E-state index in [0.29, 0.717) is 22.5 Å². The minimum absolute atomic E-state index is 0.0320. The number of benzene rings is 2. The summed E-state index contributed by atoms with van der Waals surface area (Å²) in [4.78, 5) is 12.1. The Morgan fingerprint density at radius 3 is 2.25 bits per heavy atom. The van der Waals surface area contributed by atoms with Crippen molar-refractivity contribution in [2.24, 2.45) is 0 Å². The van der Waals surface area contributed by atoms with Crippen LogP contribution in [0.15, 0.2) is 36.4 Å². The van der Waals surface area contributed by atoms with Gasteiger partial charge < -0.3 is 11.5 Å². The van der Waals surface area contributed by atoms with E-state index >= 15 is 0 Å². The minimum Gasteiger partial charge on any atom is -0.397 e. The highest BCUT2D eigenvalue weighted by molar-refractivity contribution is 6.25. The lowest BCUT2D eigenvalue weighted by Crippen LogP contribution is -2.03. The van der Waals surface area contributed by atoms with E-state index in [-0.39, 0.29) is 5.78 Å². The summed E-state index contributed by atoms with van der Waals surface area (Å²) < 4.78 is 0. The van der Waals surface area contributed by atoms with E-state index in [0.717, 1.165) is 11.1 Å². The van der Waals surface area contributed by atoms with Gasteiger partial charge in [-0.05, 0) is 17.2 Å². The van der Waals surface area contributed by atoms with Crippen molar-refractivity contribution >= 4 is 17.2 Å². The summed E-state index contributed by atoms with van der Waals surface area (Å²) >= 11 is 0. The largest absolute Gasteiger partial charge is 0.397 e. The SMILES string of the molecule is Nc1ccc2c(c1N)C(=O)c1ccccc1-2. The molecule has 0 aromatic heterocycles. The lowest BCUT2D eigenvalue weighted by molar-refractivity contribution is 0.104. The first-order valence-corrected chi connectivity index (χ1v) is 5.02. The zero-order chi connectivity index (χ0) is 11.3. The van der Waals surface area contributed by atoms with Gasteiger partial charge in [-0.15, -0.1) is 0 Å². The number of fused-ring (bicyclic) bond motifs is 3. The standard InChI is InChI=1S/C13H10N2O/c14-10-6-5-8-7-3-1-2-4-9(7)13(16)11(8)12(10)15/h1-6H,14-15H2. The number of nitrogens with two attached hydrogens (primary N) is 2. The van der Waals surface area contributed by atoms with E-state index in [2.05, 4.69) is 0 Å². The smallest absolute Gasteiger partial charge is 0.196 e. The van der Waals surface area contributed by atoms with Gasteiger partial charge in [0.05, 0.1) is 16.9 Å². The highest BCUT2D eigenvalue weighted by Gasteiger charge is 2.28. The van der Waals surface area contributed by atoms with Gasteiger partial charge in [0.1, 0.15) is 0 Å². The molecule has 2 aromatic rings. The van der Waals surface area contributed by atoms with Crippen molar-refractivity contribution in [1.82, 2.24) is 0 Å². The van der Waals surface area contributed by atoms with Gasteiger partial charge in [-0.2, -0.15) is 0 Å². The van der Waals surface area contributed by atoms with E-state index in [1.54, 1.807) is 6.07 Å². The summed E-state index contributed by atoms with van der Waals surface area (Å²) in [5.74, 6) is -0.0320. The Kier molecular flexibility index (Phi) is 1.60. The Hall–Kier alpha value is -2.29. The van der Waals surface area contributed by atoms with Gasteiger partial charge in [-0.1, -0.05) is 30.3 Å². The van der Waals surface area contributed by atoms with E-state index in [1.807, 2.05) is 30.3 Å². The van der Waals surface area contributed by atoms with Crippen LogP contribution in [0.1, 0.15) is 15.9 Å². The maximum Gasteiger partial charge on any atom is 0.196 e. The topological polar surface area (TPSA) is 69.1 Å². The molecule has 0 amide bonds. The maximum absolute atomic E-state index is 12.1. The molecule has 0 radical (unpaired) electrons. The predicted molar refractivity (Wildman–Crippen MR) is 64.1 cm³/mol. The van der Waals surface area contributed by atoms with Crippen LogP contribution in [0.25, 0.3) is 11.1 Å². The third-order valence-electron chi connectivity index (χ3n) is 2.97. The fraction of sp³-hybridized carbons (Fsp3) is 0. The second kappa shape index (κ2) is 2.85. The first kappa shape index (κ1) is 8.97. The Morgan fingerprint density at radius 1 is 0.812 bits per heavy atom. The zero-order valence-electron chi connectivity index (χ0n) is 8.53. The molecule has 1 aliphatic carbocycles. The van der Waals surface area contributed by atoms with Crippen molar-refractivity contribution in [2.45, 2.75) is 0 Å². The van der Waals surface area contributed by atoms with Gasteiger partial charge in [0, 0.05) is 5.56 Å². The van der Waals surface area contributed by atoms with Gasteiger partial charge >= 0.3 is 0 Å². The Labute approximate surface area is 92.7 Å². The van der Waals surface area contributed by atoms with Crippen LogP contribution in [-0.2, 0) is 0 Å². The van der Waals surface area contributed by atoms with Crippen LogP contribution in [0, 0.1) is 0 Å². The Balaban J connectivity index is 2.42. The molecule has 0 aliphatic heterocycles. The van der Waals surface area contributed by atoms with E-state index < -0.39 is 0 Å². The number of ketones is 1. The van der Waals surface area contributed by atoms with E-state index in [1.165, 1.54) is 0 Å². The van der Waals surface area contributed by atoms with Crippen molar-refractivity contribution in [3.63, 3.8) is 0 Å². The van der Waals surface area contributed by atoms with Gasteiger partial charge in [0.25, 0.3) is 0 Å². The highest BCUT2D eigenvalue weighted by Crippen LogP contribution is 2.40. The van der Waals surface area contributed by atoms with Crippen molar-refractivity contribution < 1.29 is 4.79 Å². The first-order chi connectivity index (χ1) is 7.70. The molecule has 78 valence electrons. The molecule has 3 rings (SSSR count). The van der Waals surface area contributed by atoms with Crippen LogP contribution in [0.2, 0.25) is 0 Å². The van der Waals surface area contributed by atoms with Gasteiger partial charge in [0.2, 0.25) is 0 Å². The molecule has 0 bridgehead atoms. The van der Waals surface area contributed by atoms with Crippen LogP contribution in [0.3, 0.4) is 0 Å². The molecule has 2 aromatic carbocycles.